The number of hydrogen-bond donors (Lipinski definition) is 1. The van der Waals surface area contributed by atoms with Crippen molar-refractivity contribution in [2.45, 2.75) is 44.4 Å². The lowest BCUT2D eigenvalue weighted by Gasteiger charge is -2.34. The van der Waals surface area contributed by atoms with Crippen molar-refractivity contribution in [3.05, 3.63) is 0 Å². The average Bonchev–Trinajstić information content (AvgIpc) is 3.11. The van der Waals surface area contributed by atoms with Crippen LogP contribution in [0.25, 0.3) is 0 Å². The second-order valence-corrected chi connectivity index (χ2v) is 6.04. The van der Waals surface area contributed by atoms with E-state index in [0.29, 0.717) is 12.3 Å². The van der Waals surface area contributed by atoms with E-state index in [1.807, 2.05) is 7.05 Å². The maximum absolute atomic E-state index is 12.0. The van der Waals surface area contributed by atoms with Crippen molar-refractivity contribution in [3.8, 4) is 0 Å². The number of hydrogen-bond acceptors (Lipinski definition) is 3. The van der Waals surface area contributed by atoms with E-state index in [1.165, 1.54) is 12.8 Å². The Morgan fingerprint density at radius 1 is 1.35 bits per heavy atom. The third kappa shape index (κ3) is 4.33. The summed E-state index contributed by atoms with van der Waals surface area (Å²) in [6.07, 6.45) is 1.01. The summed E-state index contributed by atoms with van der Waals surface area (Å²) in [4.78, 5) is 0. The highest BCUT2D eigenvalue weighted by Gasteiger charge is 2.50. The van der Waals surface area contributed by atoms with Crippen LogP contribution in [0.4, 0.5) is 13.2 Å². The van der Waals surface area contributed by atoms with Gasteiger partial charge in [0, 0.05) is 25.2 Å². The van der Waals surface area contributed by atoms with Crippen molar-refractivity contribution >= 4 is 0 Å². The summed E-state index contributed by atoms with van der Waals surface area (Å²) in [5, 5.41) is 3.23. The monoisotopic (exact) mass is 295 g/mol. The first-order chi connectivity index (χ1) is 9.47. The molecule has 2 unspecified atom stereocenters. The van der Waals surface area contributed by atoms with Crippen LogP contribution >= 0.6 is 0 Å². The third-order valence-electron chi connectivity index (χ3n) is 4.31. The van der Waals surface area contributed by atoms with Gasteiger partial charge < -0.3 is 14.8 Å². The molecule has 0 bridgehead atoms. The van der Waals surface area contributed by atoms with Crippen LogP contribution < -0.4 is 5.32 Å². The van der Waals surface area contributed by atoms with Crippen molar-refractivity contribution in [3.63, 3.8) is 0 Å². The molecule has 1 heterocycles. The van der Waals surface area contributed by atoms with E-state index in [1.54, 1.807) is 0 Å². The summed E-state index contributed by atoms with van der Waals surface area (Å²) in [6, 6.07) is 0. The molecule has 0 aromatic heterocycles. The number of ether oxygens (including phenoxy) is 2. The summed E-state index contributed by atoms with van der Waals surface area (Å²) in [5.41, 5.74) is 0.0809. The van der Waals surface area contributed by atoms with Crippen molar-refractivity contribution in [2.24, 2.45) is 11.3 Å². The predicted octanol–water partition coefficient (Wildman–Crippen LogP) is 2.75. The molecular weight excluding hydrogens is 271 g/mol. The van der Waals surface area contributed by atoms with Gasteiger partial charge in [-0.1, -0.05) is 0 Å². The van der Waals surface area contributed by atoms with Crippen LogP contribution in [-0.4, -0.2) is 45.7 Å². The molecule has 3 nitrogen and oxygen atoms in total. The predicted molar refractivity (Wildman–Crippen MR) is 69.5 cm³/mol. The fourth-order valence-electron chi connectivity index (χ4n) is 3.35. The highest BCUT2D eigenvalue weighted by molar-refractivity contribution is 5.00. The second kappa shape index (κ2) is 6.62. The molecule has 2 atom stereocenters. The average molecular weight is 295 g/mol. The number of halogens is 3. The quantitative estimate of drug-likeness (QED) is 0.699. The molecule has 0 amide bonds. The van der Waals surface area contributed by atoms with Crippen LogP contribution in [0.3, 0.4) is 0 Å². The zero-order chi connectivity index (χ0) is 14.6. The highest BCUT2D eigenvalue weighted by Crippen LogP contribution is 2.49. The minimum atomic E-state index is -4.23. The maximum Gasteiger partial charge on any atom is 0.411 e. The Hall–Kier alpha value is -0.330. The molecule has 1 aliphatic carbocycles. The van der Waals surface area contributed by atoms with Crippen molar-refractivity contribution < 1.29 is 22.6 Å². The Labute approximate surface area is 118 Å². The van der Waals surface area contributed by atoms with E-state index < -0.39 is 12.8 Å². The maximum atomic E-state index is 12.0. The molecule has 0 radical (unpaired) electrons. The van der Waals surface area contributed by atoms with Crippen molar-refractivity contribution in [1.82, 2.24) is 5.32 Å². The van der Waals surface area contributed by atoms with E-state index in [2.05, 4.69) is 5.32 Å². The van der Waals surface area contributed by atoms with Gasteiger partial charge in [-0.2, -0.15) is 13.2 Å². The van der Waals surface area contributed by atoms with Crippen LogP contribution in [0, 0.1) is 11.3 Å². The minimum absolute atomic E-state index is 0.0809. The van der Waals surface area contributed by atoms with E-state index in [0.717, 1.165) is 26.0 Å². The summed E-state index contributed by atoms with van der Waals surface area (Å²) >= 11 is 0. The Bertz CT molecular complexity index is 307. The van der Waals surface area contributed by atoms with Gasteiger partial charge >= 0.3 is 6.18 Å². The smallest absolute Gasteiger partial charge is 0.377 e. The Balaban J connectivity index is 1.77. The molecule has 0 aromatic rings. The van der Waals surface area contributed by atoms with Gasteiger partial charge in [0.25, 0.3) is 0 Å². The Morgan fingerprint density at radius 2 is 2.10 bits per heavy atom. The van der Waals surface area contributed by atoms with E-state index >= 15 is 0 Å². The normalized spacial score (nSPS) is 30.9. The molecule has 2 aliphatic rings. The molecule has 1 N–H and O–H groups in total. The van der Waals surface area contributed by atoms with Gasteiger partial charge in [-0.15, -0.1) is 0 Å². The first-order valence-electron chi connectivity index (χ1n) is 7.37. The number of rotatable bonds is 8. The third-order valence-corrected chi connectivity index (χ3v) is 4.31. The summed E-state index contributed by atoms with van der Waals surface area (Å²) in [7, 11) is 1.92. The molecule has 0 spiro atoms. The lowest BCUT2D eigenvalue weighted by Crippen LogP contribution is -2.41. The molecule has 6 heteroatoms. The topological polar surface area (TPSA) is 30.5 Å². The van der Waals surface area contributed by atoms with Crippen LogP contribution in [-0.2, 0) is 9.47 Å². The zero-order valence-electron chi connectivity index (χ0n) is 12.0. The first kappa shape index (κ1) is 16.0. The molecule has 1 saturated carbocycles. The van der Waals surface area contributed by atoms with E-state index in [-0.39, 0.29) is 18.1 Å². The summed E-state index contributed by atoms with van der Waals surface area (Å²) in [5.74, 6) is 0.655. The molecule has 118 valence electrons. The molecule has 1 aliphatic heterocycles. The van der Waals surface area contributed by atoms with Crippen LogP contribution in [0.5, 0.6) is 0 Å². The van der Waals surface area contributed by atoms with Crippen LogP contribution in [0.2, 0.25) is 0 Å². The fraction of sp³-hybridized carbons (Fsp3) is 1.00. The largest absolute Gasteiger partial charge is 0.411 e. The van der Waals surface area contributed by atoms with E-state index in [9.17, 15) is 13.2 Å². The molecule has 20 heavy (non-hydrogen) atoms. The van der Waals surface area contributed by atoms with Gasteiger partial charge in [0.1, 0.15) is 6.61 Å². The van der Waals surface area contributed by atoms with Gasteiger partial charge in [-0.05, 0) is 45.1 Å². The Kier molecular flexibility index (Phi) is 5.31. The minimum Gasteiger partial charge on any atom is -0.377 e. The van der Waals surface area contributed by atoms with Crippen LogP contribution in [0.1, 0.15) is 32.1 Å². The van der Waals surface area contributed by atoms with Gasteiger partial charge in [0.15, 0.2) is 0 Å². The van der Waals surface area contributed by atoms with Crippen molar-refractivity contribution in [1.29, 1.82) is 0 Å². The fourth-order valence-corrected chi connectivity index (χ4v) is 3.35. The summed E-state index contributed by atoms with van der Waals surface area (Å²) < 4.78 is 46.6. The van der Waals surface area contributed by atoms with Gasteiger partial charge in [0.05, 0.1) is 6.10 Å². The highest BCUT2D eigenvalue weighted by atomic mass is 19.4. The van der Waals surface area contributed by atoms with Crippen molar-refractivity contribution in [2.75, 3.05) is 33.4 Å². The standard InChI is InChI=1S/C14H24F3NO2/c1-18-9-13(5-2-7-19-10-14(15,16)17)6-8-20-12(13)11-3-4-11/h11-12,18H,2-10H2,1H3. The first-order valence-corrected chi connectivity index (χ1v) is 7.37. The van der Waals surface area contributed by atoms with Gasteiger partial charge in [-0.25, -0.2) is 0 Å². The summed E-state index contributed by atoms with van der Waals surface area (Å²) in [6.45, 7) is 0.663. The SMILES string of the molecule is CNCC1(CCCOCC(F)(F)F)CCOC1C1CC1. The van der Waals surface area contributed by atoms with Gasteiger partial charge in [0.2, 0.25) is 0 Å². The molecular formula is C14H24F3NO2. The number of nitrogens with one attached hydrogen (secondary N) is 1. The van der Waals surface area contributed by atoms with E-state index in [4.69, 9.17) is 9.47 Å². The molecule has 1 saturated heterocycles. The van der Waals surface area contributed by atoms with Gasteiger partial charge in [-0.3, -0.25) is 0 Å². The molecule has 2 fully saturated rings. The molecule has 0 aromatic carbocycles. The lowest BCUT2D eigenvalue weighted by atomic mass is 9.75. The zero-order valence-corrected chi connectivity index (χ0v) is 12.0. The van der Waals surface area contributed by atoms with Crippen LogP contribution in [0.15, 0.2) is 0 Å². The Morgan fingerprint density at radius 3 is 2.70 bits per heavy atom. The number of alkyl halides is 3. The lowest BCUT2D eigenvalue weighted by molar-refractivity contribution is -0.174. The second-order valence-electron chi connectivity index (χ2n) is 6.04. The molecule has 2 rings (SSSR count).